The highest BCUT2D eigenvalue weighted by molar-refractivity contribution is 5.66. The normalized spacial score (nSPS) is 11.4. The molecule has 0 aliphatic carbocycles. The van der Waals surface area contributed by atoms with Crippen molar-refractivity contribution in [3.8, 4) is 0 Å². The van der Waals surface area contributed by atoms with Crippen molar-refractivity contribution in [2.75, 3.05) is 0 Å². The van der Waals surface area contributed by atoms with Crippen LogP contribution >= 0.6 is 0 Å². The maximum absolute atomic E-state index is 11.1. The Kier molecular flexibility index (Phi) is 5.39. The maximum Gasteiger partial charge on any atom is 0.303 e. The second kappa shape index (κ2) is 6.81. The van der Waals surface area contributed by atoms with Gasteiger partial charge in [0, 0.05) is 19.3 Å². The minimum Gasteiger partial charge on any atom is -1.00 e. The van der Waals surface area contributed by atoms with E-state index in [-0.39, 0.29) is 24.5 Å². The largest absolute Gasteiger partial charge is 1.00 e. The molecule has 1 heterocycles. The Morgan fingerprint density at radius 2 is 2.11 bits per heavy atom. The van der Waals surface area contributed by atoms with Crippen LogP contribution in [0.1, 0.15) is 18.6 Å². The molecule has 2 aromatic rings. The summed E-state index contributed by atoms with van der Waals surface area (Å²) in [6.45, 7) is 1.99. The summed E-state index contributed by atoms with van der Waals surface area (Å²) in [5.41, 5.74) is 0.983. The molecule has 2 rings (SSSR count). The lowest BCUT2D eigenvalue weighted by molar-refractivity contribution is -0.147. The number of hydrogen-bond acceptors (Lipinski definition) is 3. The summed E-state index contributed by atoms with van der Waals surface area (Å²) in [6, 6.07) is 9.69. The van der Waals surface area contributed by atoms with Crippen LogP contribution in [0.3, 0.4) is 0 Å². The number of halogens is 1. The van der Waals surface area contributed by atoms with Crippen LogP contribution in [0, 0.1) is 0 Å². The molecule has 18 heavy (non-hydrogen) atoms. The molecule has 0 aliphatic rings. The van der Waals surface area contributed by atoms with Crippen LogP contribution in [0.15, 0.2) is 49.1 Å². The van der Waals surface area contributed by atoms with Gasteiger partial charge in [0.2, 0.25) is 0 Å². The van der Waals surface area contributed by atoms with Gasteiger partial charge in [-0.3, -0.25) is 4.79 Å². The third-order valence-electron chi connectivity index (χ3n) is 2.42. The predicted octanol–water partition coefficient (Wildman–Crippen LogP) is -0.808. The van der Waals surface area contributed by atoms with Crippen molar-refractivity contribution >= 4 is 5.97 Å². The molecule has 0 fully saturated rings. The summed E-state index contributed by atoms with van der Waals surface area (Å²) in [5, 5.41) is 0. The Hall–Kier alpha value is -1.81. The first kappa shape index (κ1) is 14.3. The third-order valence-corrected chi connectivity index (χ3v) is 2.42. The zero-order chi connectivity index (χ0) is 12.1. The molecule has 1 unspecified atom stereocenters. The van der Waals surface area contributed by atoms with E-state index in [4.69, 9.17) is 4.74 Å². The standard InChI is InChI=1S/C13H14N2O2.ClH/c1-11(16)17-13(9-15-8-7-14-10-15)12-5-3-2-4-6-12;/h2-8,10,13H,9H2,1H3;1H/p-1. The summed E-state index contributed by atoms with van der Waals surface area (Å²) < 4.78 is 7.21. The molecule has 0 saturated carbocycles. The molecule has 0 bridgehead atoms. The average Bonchev–Trinajstić information content (AvgIpc) is 2.82. The van der Waals surface area contributed by atoms with E-state index < -0.39 is 0 Å². The van der Waals surface area contributed by atoms with Crippen molar-refractivity contribution in [1.29, 1.82) is 0 Å². The van der Waals surface area contributed by atoms with Crippen LogP contribution in [0.4, 0.5) is 0 Å². The minimum atomic E-state index is -0.279. The van der Waals surface area contributed by atoms with E-state index in [2.05, 4.69) is 4.98 Å². The number of carbonyl (C=O) groups excluding carboxylic acids is 1. The van der Waals surface area contributed by atoms with Crippen molar-refractivity contribution in [3.05, 3.63) is 54.6 Å². The molecule has 96 valence electrons. The van der Waals surface area contributed by atoms with Crippen molar-refractivity contribution in [3.63, 3.8) is 0 Å². The molecule has 0 saturated heterocycles. The smallest absolute Gasteiger partial charge is 0.303 e. The zero-order valence-corrected chi connectivity index (χ0v) is 10.7. The number of nitrogens with zero attached hydrogens (tertiary/aromatic N) is 2. The molecular formula is C13H14ClN2O2-. The Balaban J connectivity index is 0.00000162. The fourth-order valence-electron chi connectivity index (χ4n) is 1.66. The summed E-state index contributed by atoms with van der Waals surface area (Å²) in [4.78, 5) is 15.1. The molecule has 0 N–H and O–H groups in total. The molecule has 0 amide bonds. The number of hydrogen-bond donors (Lipinski definition) is 0. The van der Waals surface area contributed by atoms with Crippen LogP contribution < -0.4 is 12.4 Å². The average molecular weight is 266 g/mol. The highest BCUT2D eigenvalue weighted by atomic mass is 35.5. The summed E-state index contributed by atoms with van der Waals surface area (Å²) in [7, 11) is 0. The Morgan fingerprint density at radius 3 is 2.67 bits per heavy atom. The molecule has 0 aliphatic heterocycles. The topological polar surface area (TPSA) is 44.1 Å². The molecule has 0 spiro atoms. The van der Waals surface area contributed by atoms with Gasteiger partial charge in [-0.05, 0) is 5.56 Å². The molecule has 4 nitrogen and oxygen atoms in total. The van der Waals surface area contributed by atoms with E-state index >= 15 is 0 Å². The monoisotopic (exact) mass is 265 g/mol. The van der Waals surface area contributed by atoms with Gasteiger partial charge >= 0.3 is 5.97 Å². The molecule has 1 aromatic heterocycles. The van der Waals surface area contributed by atoms with Crippen LogP contribution in [0.2, 0.25) is 0 Å². The van der Waals surface area contributed by atoms with Gasteiger partial charge < -0.3 is 21.7 Å². The van der Waals surface area contributed by atoms with E-state index in [1.165, 1.54) is 6.92 Å². The van der Waals surface area contributed by atoms with Gasteiger partial charge in [0.1, 0.15) is 6.10 Å². The fraction of sp³-hybridized carbons (Fsp3) is 0.231. The van der Waals surface area contributed by atoms with Gasteiger partial charge in [0.05, 0.1) is 12.9 Å². The third kappa shape index (κ3) is 3.89. The van der Waals surface area contributed by atoms with Crippen LogP contribution in [0.5, 0.6) is 0 Å². The molecule has 5 heteroatoms. The highest BCUT2D eigenvalue weighted by Crippen LogP contribution is 2.19. The Morgan fingerprint density at radius 1 is 1.39 bits per heavy atom. The van der Waals surface area contributed by atoms with Gasteiger partial charge in [-0.25, -0.2) is 4.98 Å². The lowest BCUT2D eigenvalue weighted by Crippen LogP contribution is -3.00. The van der Waals surface area contributed by atoms with Crippen molar-refractivity contribution in [2.45, 2.75) is 19.6 Å². The summed E-state index contributed by atoms with van der Waals surface area (Å²) in [6.07, 6.45) is 4.98. The predicted molar refractivity (Wildman–Crippen MR) is 63.2 cm³/mol. The molecule has 0 radical (unpaired) electrons. The van der Waals surface area contributed by atoms with Gasteiger partial charge in [0.15, 0.2) is 0 Å². The Labute approximate surface area is 112 Å². The number of imidazole rings is 1. The van der Waals surface area contributed by atoms with Gasteiger partial charge in [0.25, 0.3) is 0 Å². The van der Waals surface area contributed by atoms with Gasteiger partial charge in [-0.2, -0.15) is 0 Å². The van der Waals surface area contributed by atoms with E-state index in [0.29, 0.717) is 6.54 Å². The second-order valence-corrected chi connectivity index (χ2v) is 3.77. The second-order valence-electron chi connectivity index (χ2n) is 3.77. The summed E-state index contributed by atoms with van der Waals surface area (Å²) >= 11 is 0. The SMILES string of the molecule is CC(=O)OC(Cn1ccnc1)c1ccccc1.[Cl-]. The zero-order valence-electron chi connectivity index (χ0n) is 9.99. The van der Waals surface area contributed by atoms with Crippen LogP contribution in [-0.2, 0) is 16.1 Å². The molecule has 1 aromatic carbocycles. The summed E-state index contributed by atoms with van der Waals surface area (Å²) in [5.74, 6) is -0.279. The van der Waals surface area contributed by atoms with Gasteiger partial charge in [-0.15, -0.1) is 0 Å². The van der Waals surface area contributed by atoms with E-state index in [1.807, 2.05) is 41.1 Å². The number of carbonyl (C=O) groups is 1. The quantitative estimate of drug-likeness (QED) is 0.680. The fourth-order valence-corrected chi connectivity index (χ4v) is 1.66. The number of aromatic nitrogens is 2. The van der Waals surface area contributed by atoms with Crippen LogP contribution in [0.25, 0.3) is 0 Å². The van der Waals surface area contributed by atoms with Crippen molar-refractivity contribution in [2.24, 2.45) is 0 Å². The first-order valence-electron chi connectivity index (χ1n) is 5.43. The number of rotatable bonds is 4. The number of benzene rings is 1. The van der Waals surface area contributed by atoms with Crippen molar-refractivity contribution in [1.82, 2.24) is 9.55 Å². The minimum absolute atomic E-state index is 0. The van der Waals surface area contributed by atoms with Gasteiger partial charge in [-0.1, -0.05) is 30.3 Å². The molecular weight excluding hydrogens is 252 g/mol. The molecule has 1 atom stereocenters. The number of ether oxygens (including phenoxy) is 1. The highest BCUT2D eigenvalue weighted by Gasteiger charge is 2.14. The van der Waals surface area contributed by atoms with Crippen molar-refractivity contribution < 1.29 is 21.9 Å². The lowest BCUT2D eigenvalue weighted by Gasteiger charge is -2.17. The van der Waals surface area contributed by atoms with E-state index in [9.17, 15) is 4.79 Å². The number of esters is 1. The Bertz CT molecular complexity index is 471. The first-order valence-corrected chi connectivity index (χ1v) is 5.43. The lowest BCUT2D eigenvalue weighted by atomic mass is 10.1. The van der Waals surface area contributed by atoms with Crippen LogP contribution in [-0.4, -0.2) is 15.5 Å². The van der Waals surface area contributed by atoms with E-state index in [1.54, 1.807) is 12.5 Å². The maximum atomic E-state index is 11.1. The first-order chi connectivity index (χ1) is 8.25. The van der Waals surface area contributed by atoms with E-state index in [0.717, 1.165) is 5.56 Å².